The molecule has 2 rings (SSSR count). The molecule has 0 aliphatic carbocycles. The van der Waals surface area contributed by atoms with E-state index in [-0.39, 0.29) is 0 Å². The molecule has 0 aliphatic rings. The molecule has 0 heterocycles. The van der Waals surface area contributed by atoms with E-state index >= 15 is 0 Å². The Morgan fingerprint density at radius 2 is 1.64 bits per heavy atom. The normalized spacial score (nSPS) is 11.4. The fraction of sp³-hybridized carbons (Fsp3) is 0.294. The predicted molar refractivity (Wildman–Crippen MR) is 94.1 cm³/mol. The van der Waals surface area contributed by atoms with E-state index in [2.05, 4.69) is 11.6 Å². The molecule has 0 saturated heterocycles. The number of nitrogens with one attached hydrogen (secondary N) is 1. The first-order chi connectivity index (χ1) is 10.5. The molecule has 1 N–H and O–H groups in total. The van der Waals surface area contributed by atoms with Gasteiger partial charge >= 0.3 is 0 Å². The lowest BCUT2D eigenvalue weighted by atomic mass is 10.1. The van der Waals surface area contributed by atoms with Crippen LogP contribution in [0.5, 0.6) is 0 Å². The first kappa shape index (κ1) is 16.9. The van der Waals surface area contributed by atoms with Gasteiger partial charge in [-0.15, -0.1) is 11.8 Å². The number of sulfonamides is 1. The minimum atomic E-state index is -3.53. The summed E-state index contributed by atoms with van der Waals surface area (Å²) < 4.78 is 27.3. The molecule has 3 nitrogen and oxygen atoms in total. The largest absolute Gasteiger partial charge is 0.280 e. The van der Waals surface area contributed by atoms with Crippen molar-refractivity contribution < 1.29 is 8.42 Å². The van der Waals surface area contributed by atoms with E-state index in [1.54, 1.807) is 36.0 Å². The monoisotopic (exact) mass is 335 g/mol. The number of anilines is 1. The van der Waals surface area contributed by atoms with Gasteiger partial charge in [0.15, 0.2) is 0 Å². The summed E-state index contributed by atoms with van der Waals surface area (Å²) >= 11 is 1.62. The van der Waals surface area contributed by atoms with E-state index in [0.29, 0.717) is 10.6 Å². The number of benzene rings is 2. The number of thioether (sulfide) groups is 1. The Morgan fingerprint density at radius 3 is 2.18 bits per heavy atom. The summed E-state index contributed by atoms with van der Waals surface area (Å²) in [5, 5.41) is 0. The molecule has 22 heavy (non-hydrogen) atoms. The Labute approximate surface area is 137 Å². The van der Waals surface area contributed by atoms with E-state index in [1.807, 2.05) is 30.5 Å². The molecule has 2 aromatic carbocycles. The van der Waals surface area contributed by atoms with Crippen LogP contribution in [-0.2, 0) is 16.4 Å². The van der Waals surface area contributed by atoms with Crippen molar-refractivity contribution in [2.75, 3.05) is 11.0 Å². The third kappa shape index (κ3) is 4.52. The number of hydrogen-bond donors (Lipinski definition) is 1. The zero-order chi connectivity index (χ0) is 16.0. The second-order valence-corrected chi connectivity index (χ2v) is 7.64. The lowest BCUT2D eigenvalue weighted by Crippen LogP contribution is -2.12. The molecule has 5 heteroatoms. The van der Waals surface area contributed by atoms with Crippen LogP contribution in [0.25, 0.3) is 0 Å². The zero-order valence-electron chi connectivity index (χ0n) is 12.9. The summed E-state index contributed by atoms with van der Waals surface area (Å²) in [6, 6.07) is 14.5. The molecule has 0 aliphatic heterocycles. The molecule has 0 atom stereocenters. The van der Waals surface area contributed by atoms with Crippen LogP contribution >= 0.6 is 11.8 Å². The van der Waals surface area contributed by atoms with Gasteiger partial charge in [0.1, 0.15) is 0 Å². The molecule has 0 radical (unpaired) electrons. The van der Waals surface area contributed by atoms with Gasteiger partial charge in [0.25, 0.3) is 10.0 Å². The molecule has 0 aromatic heterocycles. The van der Waals surface area contributed by atoms with Crippen LogP contribution in [0.3, 0.4) is 0 Å². The number of hydrogen-bond acceptors (Lipinski definition) is 3. The molecule has 0 bridgehead atoms. The Hall–Kier alpha value is -1.46. The summed E-state index contributed by atoms with van der Waals surface area (Å²) in [5.74, 6) is 0. The predicted octanol–water partition coefficient (Wildman–Crippen LogP) is 4.55. The summed E-state index contributed by atoms with van der Waals surface area (Å²) in [7, 11) is -3.53. The van der Waals surface area contributed by atoms with E-state index in [0.717, 1.165) is 24.2 Å². The van der Waals surface area contributed by atoms with Gasteiger partial charge in [0.2, 0.25) is 0 Å². The Balaban J connectivity index is 2.11. The molecule has 0 spiro atoms. The third-order valence-corrected chi connectivity index (χ3v) is 5.54. The van der Waals surface area contributed by atoms with Gasteiger partial charge in [0, 0.05) is 10.6 Å². The van der Waals surface area contributed by atoms with Crippen molar-refractivity contribution in [1.82, 2.24) is 0 Å². The van der Waals surface area contributed by atoms with Crippen LogP contribution in [0, 0.1) is 0 Å². The molecule has 0 saturated carbocycles. The van der Waals surface area contributed by atoms with Crippen molar-refractivity contribution in [3.8, 4) is 0 Å². The quantitative estimate of drug-likeness (QED) is 0.755. The SMILES string of the molecule is CCCCc1ccc(S(=O)(=O)Nc2ccc(SC)cc2)cc1. The van der Waals surface area contributed by atoms with Crippen LogP contribution in [0.2, 0.25) is 0 Å². The highest BCUT2D eigenvalue weighted by molar-refractivity contribution is 7.98. The zero-order valence-corrected chi connectivity index (χ0v) is 14.5. The van der Waals surface area contributed by atoms with Crippen molar-refractivity contribution in [3.63, 3.8) is 0 Å². The van der Waals surface area contributed by atoms with Gasteiger partial charge in [-0.25, -0.2) is 8.42 Å². The van der Waals surface area contributed by atoms with E-state index < -0.39 is 10.0 Å². The van der Waals surface area contributed by atoms with Crippen molar-refractivity contribution in [2.24, 2.45) is 0 Å². The Kier molecular flexibility index (Phi) is 5.91. The summed E-state index contributed by atoms with van der Waals surface area (Å²) in [6.07, 6.45) is 5.22. The fourth-order valence-corrected chi connectivity index (χ4v) is 3.56. The molecular formula is C17H21NO2S2. The molecule has 0 unspecified atom stereocenters. The highest BCUT2D eigenvalue weighted by atomic mass is 32.2. The average molecular weight is 335 g/mol. The highest BCUT2D eigenvalue weighted by Gasteiger charge is 2.13. The Bertz CT molecular complexity index is 692. The first-order valence-corrected chi connectivity index (χ1v) is 10.0. The molecule has 0 amide bonds. The van der Waals surface area contributed by atoms with Crippen LogP contribution in [-0.4, -0.2) is 14.7 Å². The van der Waals surface area contributed by atoms with Crippen molar-refractivity contribution in [1.29, 1.82) is 0 Å². The van der Waals surface area contributed by atoms with Crippen LogP contribution in [0.4, 0.5) is 5.69 Å². The van der Waals surface area contributed by atoms with Crippen LogP contribution < -0.4 is 4.72 Å². The van der Waals surface area contributed by atoms with E-state index in [1.165, 1.54) is 5.56 Å². The summed E-state index contributed by atoms with van der Waals surface area (Å²) in [4.78, 5) is 1.39. The van der Waals surface area contributed by atoms with Gasteiger partial charge in [-0.3, -0.25) is 4.72 Å². The van der Waals surface area contributed by atoms with Gasteiger partial charge in [-0.1, -0.05) is 25.5 Å². The third-order valence-electron chi connectivity index (χ3n) is 3.39. The number of rotatable bonds is 7. The highest BCUT2D eigenvalue weighted by Crippen LogP contribution is 2.20. The maximum Gasteiger partial charge on any atom is 0.261 e. The van der Waals surface area contributed by atoms with Crippen molar-refractivity contribution >= 4 is 27.5 Å². The van der Waals surface area contributed by atoms with Crippen molar-refractivity contribution in [3.05, 3.63) is 54.1 Å². The van der Waals surface area contributed by atoms with Crippen LogP contribution in [0.1, 0.15) is 25.3 Å². The lowest BCUT2D eigenvalue weighted by molar-refractivity contribution is 0.601. The topological polar surface area (TPSA) is 46.2 Å². The average Bonchev–Trinajstić information content (AvgIpc) is 2.53. The second-order valence-electron chi connectivity index (χ2n) is 5.08. The van der Waals surface area contributed by atoms with Gasteiger partial charge in [-0.2, -0.15) is 0 Å². The van der Waals surface area contributed by atoms with Crippen molar-refractivity contribution in [2.45, 2.75) is 36.0 Å². The van der Waals surface area contributed by atoms with Gasteiger partial charge < -0.3 is 0 Å². The maximum atomic E-state index is 12.4. The second kappa shape index (κ2) is 7.70. The van der Waals surface area contributed by atoms with Gasteiger partial charge in [0.05, 0.1) is 4.90 Å². The molecule has 2 aromatic rings. The fourth-order valence-electron chi connectivity index (χ4n) is 2.09. The maximum absolute atomic E-state index is 12.4. The van der Waals surface area contributed by atoms with Crippen LogP contribution in [0.15, 0.2) is 58.3 Å². The first-order valence-electron chi connectivity index (χ1n) is 7.31. The molecule has 0 fully saturated rings. The summed E-state index contributed by atoms with van der Waals surface area (Å²) in [5.41, 5.74) is 1.75. The standard InChI is InChI=1S/C17H21NO2S2/c1-3-4-5-14-6-12-17(13-7-14)22(19,20)18-15-8-10-16(21-2)11-9-15/h6-13,18H,3-5H2,1-2H3. The number of aryl methyl sites for hydroxylation is 1. The summed E-state index contributed by atoms with van der Waals surface area (Å²) in [6.45, 7) is 2.14. The molecular weight excluding hydrogens is 314 g/mol. The van der Waals surface area contributed by atoms with E-state index in [9.17, 15) is 8.42 Å². The van der Waals surface area contributed by atoms with Gasteiger partial charge in [-0.05, 0) is 61.1 Å². The lowest BCUT2D eigenvalue weighted by Gasteiger charge is -2.09. The molecule has 118 valence electrons. The smallest absolute Gasteiger partial charge is 0.261 e. The minimum absolute atomic E-state index is 0.293. The minimum Gasteiger partial charge on any atom is -0.280 e. The Morgan fingerprint density at radius 1 is 1.00 bits per heavy atom. The van der Waals surface area contributed by atoms with E-state index in [4.69, 9.17) is 0 Å². The number of unbranched alkanes of at least 4 members (excludes halogenated alkanes) is 1.